The molecule has 0 aliphatic carbocycles. The fourth-order valence-electron chi connectivity index (χ4n) is 0.760. The van der Waals surface area contributed by atoms with Crippen LogP contribution in [-0.2, 0) is 9.53 Å². The second kappa shape index (κ2) is 6.69. The van der Waals surface area contributed by atoms with Crippen LogP contribution in [0.15, 0.2) is 0 Å². The Morgan fingerprint density at radius 3 is 2.62 bits per heavy atom. The van der Waals surface area contributed by atoms with E-state index in [0.29, 0.717) is 0 Å². The molecule has 0 aromatic carbocycles. The van der Waals surface area contributed by atoms with E-state index in [9.17, 15) is 9.59 Å². The molecule has 3 N–H and O–H groups in total. The highest BCUT2D eigenvalue weighted by Crippen LogP contribution is 1.97. The third kappa shape index (κ3) is 7.64. The number of hydrogen-bond acceptors (Lipinski definition) is 3. The van der Waals surface area contributed by atoms with Crippen molar-refractivity contribution in [3.05, 3.63) is 0 Å². The minimum Gasteiger partial charge on any atom is -0.480 e. The maximum atomic E-state index is 11.2. The minimum absolute atomic E-state index is 0.135. The average Bonchev–Trinajstić information content (AvgIpc) is 2.16. The topological polar surface area (TPSA) is 87.7 Å². The zero-order valence-corrected chi connectivity index (χ0v) is 9.37. The first-order valence-electron chi connectivity index (χ1n) is 4.70. The Labute approximate surface area is 94.4 Å². The second-order valence-corrected chi connectivity index (χ2v) is 3.60. The molecule has 0 aromatic rings. The minimum atomic E-state index is -1.04. The number of amides is 2. The number of carboxylic acid groups (broad SMARTS) is 1. The lowest BCUT2D eigenvalue weighted by molar-refractivity contribution is -0.142. The first-order chi connectivity index (χ1) is 7.37. The number of nitrogens with one attached hydrogen (secondary N) is 2. The lowest BCUT2D eigenvalue weighted by Crippen LogP contribution is -2.48. The summed E-state index contributed by atoms with van der Waals surface area (Å²) in [4.78, 5) is 21.3. The number of carboxylic acids is 1. The van der Waals surface area contributed by atoms with E-state index in [0.717, 1.165) is 0 Å². The zero-order valence-electron chi connectivity index (χ0n) is 9.37. The van der Waals surface area contributed by atoms with Crippen LogP contribution in [0.3, 0.4) is 0 Å². The Morgan fingerprint density at radius 2 is 2.12 bits per heavy atom. The van der Waals surface area contributed by atoms with Crippen molar-refractivity contribution in [1.82, 2.24) is 10.6 Å². The molecule has 0 aliphatic heterocycles. The van der Waals surface area contributed by atoms with Crippen LogP contribution in [-0.4, -0.2) is 42.4 Å². The van der Waals surface area contributed by atoms with E-state index in [1.165, 1.54) is 0 Å². The molecule has 6 heteroatoms. The van der Waals surface area contributed by atoms with Crippen molar-refractivity contribution in [2.24, 2.45) is 0 Å². The molecule has 0 radical (unpaired) electrons. The molecule has 0 unspecified atom stereocenters. The molecule has 0 heterocycles. The van der Waals surface area contributed by atoms with Crippen LogP contribution in [0.5, 0.6) is 0 Å². The van der Waals surface area contributed by atoms with Crippen molar-refractivity contribution in [3.63, 3.8) is 0 Å². The van der Waals surface area contributed by atoms with Crippen LogP contribution in [0.2, 0.25) is 0 Å². The fourth-order valence-corrected chi connectivity index (χ4v) is 0.760. The van der Waals surface area contributed by atoms with Crippen molar-refractivity contribution in [2.45, 2.75) is 19.4 Å². The first-order valence-corrected chi connectivity index (χ1v) is 4.70. The van der Waals surface area contributed by atoms with Gasteiger partial charge in [0, 0.05) is 6.54 Å². The molecule has 0 bridgehead atoms. The quantitative estimate of drug-likeness (QED) is 0.434. The van der Waals surface area contributed by atoms with Gasteiger partial charge in [0.2, 0.25) is 0 Å². The van der Waals surface area contributed by atoms with Gasteiger partial charge in [0.15, 0.2) is 0 Å². The van der Waals surface area contributed by atoms with Crippen LogP contribution < -0.4 is 10.6 Å². The van der Waals surface area contributed by atoms with Crippen molar-refractivity contribution in [3.8, 4) is 12.3 Å². The number of aliphatic carboxylic acids is 1. The number of carbonyl (C=O) groups is 2. The molecule has 0 rings (SSSR count). The normalized spacial score (nSPS) is 10.3. The van der Waals surface area contributed by atoms with Crippen molar-refractivity contribution in [1.29, 1.82) is 0 Å². The first kappa shape index (κ1) is 14.3. The summed E-state index contributed by atoms with van der Waals surface area (Å²) in [6.45, 7) is 3.36. The van der Waals surface area contributed by atoms with Crippen molar-refractivity contribution in [2.75, 3.05) is 19.8 Å². The summed E-state index contributed by atoms with van der Waals surface area (Å²) in [6.07, 6.45) is 5.18. The average molecular weight is 228 g/mol. The largest absolute Gasteiger partial charge is 0.480 e. The lowest BCUT2D eigenvalue weighted by Gasteiger charge is -2.19. The van der Waals surface area contributed by atoms with Gasteiger partial charge in [-0.05, 0) is 13.8 Å². The van der Waals surface area contributed by atoms with Gasteiger partial charge in [0.25, 0.3) is 0 Å². The number of carbonyl (C=O) groups excluding carboxylic acids is 1. The standard InChI is InChI=1S/C10H16N2O4/c1-4-10(2,3)12-9(15)11-5-6-16-7-8(13)14/h1H,5-7H2,2-3H3,(H,13,14)(H2,11,12,15). The summed E-state index contributed by atoms with van der Waals surface area (Å²) >= 11 is 0. The Bertz CT molecular complexity index is 294. The maximum absolute atomic E-state index is 11.2. The van der Waals surface area contributed by atoms with Gasteiger partial charge in [-0.15, -0.1) is 6.42 Å². The summed E-state index contributed by atoms with van der Waals surface area (Å²) < 4.78 is 4.72. The number of terminal acetylenes is 1. The van der Waals surface area contributed by atoms with Gasteiger partial charge in [-0.2, -0.15) is 0 Å². The van der Waals surface area contributed by atoms with Gasteiger partial charge in [-0.1, -0.05) is 5.92 Å². The molecule has 90 valence electrons. The Morgan fingerprint density at radius 1 is 1.50 bits per heavy atom. The van der Waals surface area contributed by atoms with Crippen molar-refractivity contribution >= 4 is 12.0 Å². The molecule has 0 atom stereocenters. The van der Waals surface area contributed by atoms with Crippen LogP contribution in [0.25, 0.3) is 0 Å². The van der Waals surface area contributed by atoms with Gasteiger partial charge in [0.05, 0.1) is 12.1 Å². The molecule has 0 fully saturated rings. The van der Waals surface area contributed by atoms with Crippen LogP contribution in [0, 0.1) is 12.3 Å². The highest BCUT2D eigenvalue weighted by atomic mass is 16.5. The molecule has 6 nitrogen and oxygen atoms in total. The summed E-state index contributed by atoms with van der Waals surface area (Å²) in [7, 11) is 0. The second-order valence-electron chi connectivity index (χ2n) is 3.60. The van der Waals surface area contributed by atoms with E-state index >= 15 is 0 Å². The molecular formula is C10H16N2O4. The summed E-state index contributed by atoms with van der Waals surface area (Å²) in [5.41, 5.74) is -0.716. The third-order valence-electron chi connectivity index (χ3n) is 1.54. The van der Waals surface area contributed by atoms with Gasteiger partial charge < -0.3 is 20.5 Å². The van der Waals surface area contributed by atoms with E-state index in [1.54, 1.807) is 13.8 Å². The number of rotatable bonds is 6. The maximum Gasteiger partial charge on any atom is 0.329 e. The molecule has 0 aromatic heterocycles. The van der Waals surface area contributed by atoms with Gasteiger partial charge in [-0.3, -0.25) is 0 Å². The molecule has 0 spiro atoms. The number of ether oxygens (including phenoxy) is 1. The molecule has 0 saturated heterocycles. The smallest absolute Gasteiger partial charge is 0.329 e. The summed E-state index contributed by atoms with van der Waals surface area (Å²) in [5, 5.41) is 13.3. The fraction of sp³-hybridized carbons (Fsp3) is 0.600. The van der Waals surface area contributed by atoms with Crippen LogP contribution in [0.4, 0.5) is 4.79 Å². The Kier molecular flexibility index (Phi) is 5.96. The van der Waals surface area contributed by atoms with Gasteiger partial charge >= 0.3 is 12.0 Å². The predicted molar refractivity (Wildman–Crippen MR) is 57.9 cm³/mol. The Hall–Kier alpha value is -1.74. The van der Waals surface area contributed by atoms with E-state index in [2.05, 4.69) is 16.6 Å². The SMILES string of the molecule is C#CC(C)(C)NC(=O)NCCOCC(=O)O. The van der Waals surface area contributed by atoms with E-state index in [4.69, 9.17) is 16.3 Å². The third-order valence-corrected chi connectivity index (χ3v) is 1.54. The van der Waals surface area contributed by atoms with E-state index in [1.807, 2.05) is 0 Å². The number of hydrogen-bond donors (Lipinski definition) is 3. The molecular weight excluding hydrogens is 212 g/mol. The van der Waals surface area contributed by atoms with Crippen molar-refractivity contribution < 1.29 is 19.4 Å². The number of urea groups is 1. The highest BCUT2D eigenvalue weighted by molar-refractivity contribution is 5.75. The highest BCUT2D eigenvalue weighted by Gasteiger charge is 2.15. The lowest BCUT2D eigenvalue weighted by atomic mass is 10.1. The summed E-state index contributed by atoms with van der Waals surface area (Å²) in [6, 6.07) is -0.415. The monoisotopic (exact) mass is 228 g/mol. The van der Waals surface area contributed by atoms with E-state index in [-0.39, 0.29) is 19.8 Å². The zero-order chi connectivity index (χ0) is 12.6. The van der Waals surface area contributed by atoms with Gasteiger partial charge in [-0.25, -0.2) is 9.59 Å². The van der Waals surface area contributed by atoms with Crippen LogP contribution >= 0.6 is 0 Å². The summed E-state index contributed by atoms with van der Waals surface area (Å²) in [5.74, 6) is 1.36. The molecule has 16 heavy (non-hydrogen) atoms. The van der Waals surface area contributed by atoms with Crippen LogP contribution in [0.1, 0.15) is 13.8 Å². The van der Waals surface area contributed by atoms with Gasteiger partial charge in [0.1, 0.15) is 6.61 Å². The molecule has 0 saturated carbocycles. The molecule has 2 amide bonds. The van der Waals surface area contributed by atoms with E-state index < -0.39 is 17.5 Å². The predicted octanol–water partition coefficient (Wildman–Crippen LogP) is -0.201. The molecule has 0 aliphatic rings. The Balaban J connectivity index is 3.60.